The van der Waals surface area contributed by atoms with Crippen molar-refractivity contribution < 1.29 is 4.79 Å². The fourth-order valence-corrected chi connectivity index (χ4v) is 2.68. The number of benzene rings is 2. The molecular formula is C17H7ClN2O. The molecule has 0 atom stereocenters. The highest BCUT2D eigenvalue weighted by atomic mass is 35.5. The third-order valence-corrected chi connectivity index (χ3v) is 3.63. The van der Waals surface area contributed by atoms with E-state index in [1.807, 2.05) is 18.2 Å². The van der Waals surface area contributed by atoms with Gasteiger partial charge in [0, 0.05) is 16.2 Å². The van der Waals surface area contributed by atoms with E-state index in [0.717, 1.165) is 11.1 Å². The van der Waals surface area contributed by atoms with Gasteiger partial charge in [-0.2, -0.15) is 0 Å². The van der Waals surface area contributed by atoms with Crippen LogP contribution in [0, 0.1) is 17.9 Å². The molecule has 0 saturated carbocycles. The molecule has 0 N–H and O–H groups in total. The van der Waals surface area contributed by atoms with Gasteiger partial charge in [0.05, 0.1) is 12.6 Å². The lowest BCUT2D eigenvalue weighted by molar-refractivity contribution is 0.105. The van der Waals surface area contributed by atoms with Crippen molar-refractivity contribution in [3.05, 3.63) is 75.7 Å². The van der Waals surface area contributed by atoms with Gasteiger partial charge >= 0.3 is 0 Å². The molecule has 4 heteroatoms. The van der Waals surface area contributed by atoms with Crippen LogP contribution in [-0.4, -0.2) is 5.78 Å². The number of hydrogen-bond donors (Lipinski definition) is 0. The SMILES string of the molecule is [C-]#[N+]/C(C#N)=C1\C(=O)c2ccccc2-c2ccc(Cl)cc21. The van der Waals surface area contributed by atoms with Crippen LogP contribution in [0.25, 0.3) is 21.5 Å². The predicted octanol–water partition coefficient (Wildman–Crippen LogP) is 4.36. The molecule has 0 heterocycles. The number of ketones is 1. The van der Waals surface area contributed by atoms with Crippen molar-refractivity contribution >= 4 is 23.0 Å². The van der Waals surface area contributed by atoms with Gasteiger partial charge in [0.25, 0.3) is 5.70 Å². The molecule has 2 aromatic rings. The number of fused-ring (bicyclic) bond motifs is 3. The van der Waals surface area contributed by atoms with Crippen molar-refractivity contribution in [2.24, 2.45) is 0 Å². The molecule has 3 rings (SSSR count). The lowest BCUT2D eigenvalue weighted by atomic mass is 9.81. The summed E-state index contributed by atoms with van der Waals surface area (Å²) in [5, 5.41) is 9.59. The number of halogens is 1. The molecule has 3 nitrogen and oxygen atoms in total. The molecule has 0 spiro atoms. The van der Waals surface area contributed by atoms with Crippen LogP contribution >= 0.6 is 11.6 Å². The summed E-state index contributed by atoms with van der Waals surface area (Å²) in [6.45, 7) is 7.12. The number of allylic oxidation sites excluding steroid dienone is 2. The Hall–Kier alpha value is -2.88. The van der Waals surface area contributed by atoms with Gasteiger partial charge in [0.2, 0.25) is 0 Å². The molecule has 1 aliphatic carbocycles. The largest absolute Gasteiger partial charge is 0.290 e. The van der Waals surface area contributed by atoms with Crippen molar-refractivity contribution in [1.82, 2.24) is 0 Å². The summed E-state index contributed by atoms with van der Waals surface area (Å²) in [4.78, 5) is 15.8. The Morgan fingerprint density at radius 3 is 2.43 bits per heavy atom. The van der Waals surface area contributed by atoms with Crippen molar-refractivity contribution in [2.75, 3.05) is 0 Å². The summed E-state index contributed by atoms with van der Waals surface area (Å²) in [7, 11) is 0. The third kappa shape index (κ3) is 1.92. The standard InChI is InChI=1S/C17H7ClN2O/c1-20-15(9-19)16-14-8-10(18)6-7-12(14)11-4-2-3-5-13(11)17(16)21/h2-8H/b16-15-. The number of hydrogen-bond acceptors (Lipinski definition) is 2. The van der Waals surface area contributed by atoms with E-state index in [4.69, 9.17) is 23.4 Å². The summed E-state index contributed by atoms with van der Waals surface area (Å²) >= 11 is 6.01. The molecule has 0 fully saturated rings. The second-order valence-corrected chi connectivity index (χ2v) is 4.95. The van der Waals surface area contributed by atoms with Gasteiger partial charge in [0.15, 0.2) is 5.78 Å². The van der Waals surface area contributed by atoms with Gasteiger partial charge in [-0.1, -0.05) is 41.9 Å². The summed E-state index contributed by atoms with van der Waals surface area (Å²) < 4.78 is 0. The average Bonchev–Trinajstić information content (AvgIpc) is 2.51. The number of Topliss-reactive ketones (excluding diaryl/α,β-unsaturated/α-hetero) is 1. The molecule has 0 aromatic heterocycles. The molecule has 98 valence electrons. The minimum absolute atomic E-state index is 0.128. The minimum Gasteiger partial charge on any atom is -0.290 e. The number of nitrogens with zero attached hydrogens (tertiary/aromatic N) is 2. The van der Waals surface area contributed by atoms with Gasteiger partial charge in [-0.15, -0.1) is 0 Å². The summed E-state index contributed by atoms with van der Waals surface area (Å²) in [5.41, 5.74) is 2.56. The molecule has 0 radical (unpaired) electrons. The zero-order valence-electron chi connectivity index (χ0n) is 10.7. The van der Waals surface area contributed by atoms with E-state index in [1.165, 1.54) is 0 Å². The normalized spacial score (nSPS) is 14.5. The Kier molecular flexibility index (Phi) is 3.06. The number of carbonyl (C=O) groups is 1. The van der Waals surface area contributed by atoms with E-state index in [1.54, 1.807) is 30.3 Å². The highest BCUT2D eigenvalue weighted by Gasteiger charge is 2.29. The maximum absolute atomic E-state index is 12.7. The van der Waals surface area contributed by atoms with Crippen LogP contribution in [0.2, 0.25) is 5.02 Å². The molecule has 0 bridgehead atoms. The summed E-state index contributed by atoms with van der Waals surface area (Å²) in [6.07, 6.45) is 0. The van der Waals surface area contributed by atoms with E-state index in [0.29, 0.717) is 16.1 Å². The molecule has 0 unspecified atom stereocenters. The van der Waals surface area contributed by atoms with Crippen molar-refractivity contribution in [3.8, 4) is 17.2 Å². The maximum atomic E-state index is 12.7. The lowest BCUT2D eigenvalue weighted by Gasteiger charge is -2.21. The van der Waals surface area contributed by atoms with Crippen LogP contribution in [-0.2, 0) is 0 Å². The van der Waals surface area contributed by atoms with E-state index in [2.05, 4.69) is 4.85 Å². The first-order chi connectivity index (χ1) is 10.2. The van der Waals surface area contributed by atoms with Crippen molar-refractivity contribution in [1.29, 1.82) is 5.26 Å². The first-order valence-electron chi connectivity index (χ1n) is 6.13. The van der Waals surface area contributed by atoms with Crippen LogP contribution in [0.15, 0.2) is 48.2 Å². The van der Waals surface area contributed by atoms with Crippen LogP contribution in [0.3, 0.4) is 0 Å². The highest BCUT2D eigenvalue weighted by Crippen LogP contribution is 2.41. The molecule has 21 heavy (non-hydrogen) atoms. The maximum Gasteiger partial charge on any atom is 0.273 e. The first-order valence-corrected chi connectivity index (χ1v) is 6.51. The lowest BCUT2D eigenvalue weighted by Crippen LogP contribution is -2.12. The van der Waals surface area contributed by atoms with E-state index < -0.39 is 0 Å². The van der Waals surface area contributed by atoms with E-state index in [9.17, 15) is 4.79 Å². The summed E-state index contributed by atoms with van der Waals surface area (Å²) in [6, 6.07) is 14.1. The van der Waals surface area contributed by atoms with Crippen LogP contribution < -0.4 is 0 Å². The predicted molar refractivity (Wildman–Crippen MR) is 80.4 cm³/mol. The van der Waals surface area contributed by atoms with E-state index >= 15 is 0 Å². The molecular weight excluding hydrogens is 284 g/mol. The monoisotopic (exact) mass is 290 g/mol. The van der Waals surface area contributed by atoms with E-state index in [-0.39, 0.29) is 17.1 Å². The topological polar surface area (TPSA) is 45.2 Å². The quantitative estimate of drug-likeness (QED) is 0.411. The molecule has 0 amide bonds. The Morgan fingerprint density at radius 2 is 1.76 bits per heavy atom. The zero-order valence-corrected chi connectivity index (χ0v) is 11.5. The number of nitriles is 1. The van der Waals surface area contributed by atoms with Gasteiger partial charge in [-0.05, 0) is 28.8 Å². The molecule has 0 saturated heterocycles. The Bertz CT molecular complexity index is 882. The van der Waals surface area contributed by atoms with Crippen LogP contribution in [0.5, 0.6) is 0 Å². The first kappa shape index (κ1) is 13.1. The van der Waals surface area contributed by atoms with Gasteiger partial charge in [-0.25, -0.2) is 10.1 Å². The average molecular weight is 291 g/mol. The zero-order chi connectivity index (χ0) is 15.0. The highest BCUT2D eigenvalue weighted by molar-refractivity contribution is 6.37. The molecule has 0 aliphatic heterocycles. The summed E-state index contributed by atoms with van der Waals surface area (Å²) in [5.74, 6) is -0.312. The molecule has 1 aliphatic rings. The van der Waals surface area contributed by atoms with Gasteiger partial charge in [-0.3, -0.25) is 4.79 Å². The van der Waals surface area contributed by atoms with Crippen LogP contribution in [0.1, 0.15) is 15.9 Å². The number of rotatable bonds is 0. The van der Waals surface area contributed by atoms with Gasteiger partial charge < -0.3 is 0 Å². The fourth-order valence-electron chi connectivity index (χ4n) is 2.50. The fraction of sp³-hybridized carbons (Fsp3) is 0. The number of carbonyl (C=O) groups excluding carboxylic acids is 1. The Labute approximate surface area is 126 Å². The Morgan fingerprint density at radius 1 is 1.10 bits per heavy atom. The third-order valence-electron chi connectivity index (χ3n) is 3.39. The van der Waals surface area contributed by atoms with Crippen molar-refractivity contribution in [3.63, 3.8) is 0 Å². The Balaban J connectivity index is 2.47. The second kappa shape index (κ2) is 4.90. The van der Waals surface area contributed by atoms with Gasteiger partial charge in [0.1, 0.15) is 0 Å². The molecule has 2 aromatic carbocycles. The minimum atomic E-state index is -0.312. The van der Waals surface area contributed by atoms with Crippen molar-refractivity contribution in [2.45, 2.75) is 0 Å². The van der Waals surface area contributed by atoms with Crippen LogP contribution in [0.4, 0.5) is 0 Å². The second-order valence-electron chi connectivity index (χ2n) is 4.51. The smallest absolute Gasteiger partial charge is 0.273 e.